The molecule has 252 valence electrons. The summed E-state index contributed by atoms with van der Waals surface area (Å²) in [6, 6.07) is 39.3. The number of nitrogens with zero attached hydrogens (tertiary/aromatic N) is 2. The maximum Gasteiger partial charge on any atom is 0.211 e. The molecule has 9 rings (SSSR count). The summed E-state index contributed by atoms with van der Waals surface area (Å²) in [7, 11) is 0. The van der Waals surface area contributed by atoms with Crippen LogP contribution in [-0.2, 0) is 15.1 Å². The summed E-state index contributed by atoms with van der Waals surface area (Å²) in [5.41, 5.74) is 9.33. The molecule has 3 aliphatic rings. The van der Waals surface area contributed by atoms with E-state index in [2.05, 4.69) is 40.3 Å². The number of carbonyl (C=O) groups excluding carboxylic acids is 1. The van der Waals surface area contributed by atoms with Crippen LogP contribution < -0.4 is 0 Å². The third kappa shape index (κ3) is 5.13. The maximum absolute atomic E-state index is 14.5. The number of ether oxygens (including phenoxy) is 1. The molecule has 7 nitrogen and oxygen atoms in total. The van der Waals surface area contributed by atoms with Gasteiger partial charge in [0.15, 0.2) is 5.76 Å². The van der Waals surface area contributed by atoms with Gasteiger partial charge in [0.05, 0.1) is 34.5 Å². The number of carbonyl (C=O) groups is 1. The first-order valence-electron chi connectivity index (χ1n) is 17.4. The van der Waals surface area contributed by atoms with Crippen LogP contribution in [0.3, 0.4) is 0 Å². The Hall–Kier alpha value is -6.57. The van der Waals surface area contributed by atoms with Crippen LogP contribution >= 0.6 is 0 Å². The van der Waals surface area contributed by atoms with Gasteiger partial charge in [-0.1, -0.05) is 91.0 Å². The second kappa shape index (κ2) is 12.3. The van der Waals surface area contributed by atoms with E-state index in [4.69, 9.17) is 14.7 Å². The number of rotatable bonds is 6. The molecule has 0 saturated heterocycles. The molecular formula is C45H34N4O3. The summed E-state index contributed by atoms with van der Waals surface area (Å²) in [5.74, 6) is -0.249. The first-order chi connectivity index (χ1) is 25.4. The summed E-state index contributed by atoms with van der Waals surface area (Å²) >= 11 is 0. The average Bonchev–Trinajstić information content (AvgIpc) is 4.01. The molecule has 0 spiro atoms. The first kappa shape index (κ1) is 31.4. The van der Waals surface area contributed by atoms with E-state index in [9.17, 15) is 9.90 Å². The first-order valence-corrected chi connectivity index (χ1v) is 17.4. The molecule has 0 saturated carbocycles. The Morgan fingerprint density at radius 2 is 1.13 bits per heavy atom. The lowest BCUT2D eigenvalue weighted by Crippen LogP contribution is -2.49. The highest BCUT2D eigenvalue weighted by Crippen LogP contribution is 2.50. The molecule has 2 aliphatic heterocycles. The summed E-state index contributed by atoms with van der Waals surface area (Å²) in [4.78, 5) is 32.1. The Morgan fingerprint density at radius 3 is 1.77 bits per heavy atom. The Kier molecular flexibility index (Phi) is 7.45. The number of H-pyrrole nitrogens is 2. The minimum atomic E-state index is -1.94. The predicted octanol–water partition coefficient (Wildman–Crippen LogP) is 9.60. The van der Waals surface area contributed by atoms with E-state index in [1.165, 1.54) is 0 Å². The van der Waals surface area contributed by atoms with Gasteiger partial charge in [0.25, 0.3) is 0 Å². The van der Waals surface area contributed by atoms with Crippen LogP contribution in [0.5, 0.6) is 0 Å². The smallest absolute Gasteiger partial charge is 0.211 e. The van der Waals surface area contributed by atoms with Crippen molar-refractivity contribution in [1.82, 2.24) is 19.9 Å². The van der Waals surface area contributed by atoms with Crippen LogP contribution in [0, 0.1) is 0 Å². The molecule has 3 aromatic carbocycles. The normalized spacial score (nSPS) is 16.4. The van der Waals surface area contributed by atoms with Crippen molar-refractivity contribution in [3.05, 3.63) is 161 Å². The highest BCUT2D eigenvalue weighted by molar-refractivity contribution is 6.35. The van der Waals surface area contributed by atoms with E-state index in [1.807, 2.05) is 117 Å². The van der Waals surface area contributed by atoms with Crippen molar-refractivity contribution in [3.63, 3.8) is 0 Å². The number of hydrogen-bond donors (Lipinski definition) is 3. The molecule has 5 heterocycles. The second-order valence-corrected chi connectivity index (χ2v) is 13.4. The number of ketones is 1. The highest BCUT2D eigenvalue weighted by atomic mass is 16.5. The van der Waals surface area contributed by atoms with E-state index in [0.717, 1.165) is 55.9 Å². The fourth-order valence-electron chi connectivity index (χ4n) is 7.27. The van der Waals surface area contributed by atoms with Gasteiger partial charge in [-0.3, -0.25) is 4.79 Å². The van der Waals surface area contributed by atoms with Crippen molar-refractivity contribution in [2.45, 2.75) is 25.6 Å². The van der Waals surface area contributed by atoms with Gasteiger partial charge in [-0.2, -0.15) is 0 Å². The van der Waals surface area contributed by atoms with Crippen molar-refractivity contribution in [2.24, 2.45) is 0 Å². The second-order valence-electron chi connectivity index (χ2n) is 13.4. The minimum absolute atomic E-state index is 0.204. The van der Waals surface area contributed by atoms with Crippen LogP contribution in [0.2, 0.25) is 0 Å². The van der Waals surface area contributed by atoms with Crippen LogP contribution in [-0.4, -0.2) is 36.9 Å². The van der Waals surface area contributed by atoms with Gasteiger partial charge in [-0.25, -0.2) is 9.97 Å². The molecule has 0 radical (unpaired) electrons. The number of fused-ring (bicyclic) bond motifs is 8. The molecule has 3 aromatic heterocycles. The summed E-state index contributed by atoms with van der Waals surface area (Å²) in [5, 5.41) is 12.1. The number of aromatic nitrogens is 4. The van der Waals surface area contributed by atoms with E-state index < -0.39 is 11.4 Å². The number of hydrogen-bond acceptors (Lipinski definition) is 5. The van der Waals surface area contributed by atoms with Gasteiger partial charge in [-0.15, -0.1) is 0 Å². The monoisotopic (exact) mass is 678 g/mol. The summed E-state index contributed by atoms with van der Waals surface area (Å²) in [6.07, 6.45) is 7.64. The Morgan fingerprint density at radius 1 is 0.615 bits per heavy atom. The number of aromatic amines is 2. The topological polar surface area (TPSA) is 104 Å². The van der Waals surface area contributed by atoms with Crippen LogP contribution in [0.15, 0.2) is 127 Å². The van der Waals surface area contributed by atoms with Gasteiger partial charge < -0.3 is 19.8 Å². The Balaban J connectivity index is 1.44. The van der Waals surface area contributed by atoms with Crippen molar-refractivity contribution in [1.29, 1.82) is 0 Å². The van der Waals surface area contributed by atoms with E-state index in [-0.39, 0.29) is 17.4 Å². The summed E-state index contributed by atoms with van der Waals surface area (Å²) in [6.45, 7) is 3.78. The van der Waals surface area contributed by atoms with E-state index in [1.54, 1.807) is 12.1 Å². The van der Waals surface area contributed by atoms with Crippen LogP contribution in [0.4, 0.5) is 0 Å². The number of aliphatic hydroxyl groups is 1. The quantitative estimate of drug-likeness (QED) is 0.163. The lowest BCUT2D eigenvalue weighted by molar-refractivity contribution is -0.138. The minimum Gasteiger partial charge on any atom is -0.491 e. The van der Waals surface area contributed by atoms with Crippen molar-refractivity contribution in [2.75, 3.05) is 0 Å². The lowest BCUT2D eigenvalue weighted by Gasteiger charge is -2.40. The largest absolute Gasteiger partial charge is 0.491 e. The summed E-state index contributed by atoms with van der Waals surface area (Å²) < 4.78 is 6.36. The Bertz CT molecular complexity index is 2610. The third-order valence-electron chi connectivity index (χ3n) is 9.61. The van der Waals surface area contributed by atoms with Crippen LogP contribution in [0.25, 0.3) is 74.2 Å². The van der Waals surface area contributed by atoms with Gasteiger partial charge in [-0.05, 0) is 85.2 Å². The zero-order valence-electron chi connectivity index (χ0n) is 28.6. The van der Waals surface area contributed by atoms with Crippen molar-refractivity contribution in [3.8, 4) is 22.3 Å². The molecule has 1 aliphatic carbocycles. The zero-order valence-corrected chi connectivity index (χ0v) is 28.6. The van der Waals surface area contributed by atoms with Crippen molar-refractivity contribution >= 4 is 57.7 Å². The molecule has 1 unspecified atom stereocenters. The maximum atomic E-state index is 14.5. The molecule has 0 amide bonds. The van der Waals surface area contributed by atoms with Crippen LogP contribution in [0.1, 0.15) is 47.8 Å². The van der Waals surface area contributed by atoms with Gasteiger partial charge in [0.1, 0.15) is 0 Å². The van der Waals surface area contributed by atoms with Gasteiger partial charge >= 0.3 is 0 Å². The third-order valence-corrected chi connectivity index (χ3v) is 9.61. The molecule has 6 aromatic rings. The molecule has 3 N–H and O–H groups in total. The van der Waals surface area contributed by atoms with Gasteiger partial charge in [0, 0.05) is 38.8 Å². The average molecular weight is 679 g/mol. The molecule has 8 bridgehead atoms. The molecule has 1 atom stereocenters. The molecule has 0 fully saturated rings. The number of Topliss-reactive ketones (excluding diaryl/α,β-unsaturated/α-hetero) is 1. The zero-order chi connectivity index (χ0) is 35.4. The number of nitrogens with one attached hydrogen (secondary N) is 2. The SMILES string of the molecule is CC(C)OC1=C(c2c3nc(c(-c4ccccc4)c4ccc(cc5nc(c(-c6ccccc6)c6ccc2[nH]6)C=C5)[nH]4)C=C3)C(=O)C1(O)c1ccccc1. The fraction of sp³-hybridized carbons (Fsp3) is 0.0889. The van der Waals surface area contributed by atoms with Gasteiger partial charge in [0.2, 0.25) is 11.4 Å². The molecule has 52 heavy (non-hydrogen) atoms. The molecular weight excluding hydrogens is 645 g/mol. The lowest BCUT2D eigenvalue weighted by atomic mass is 9.70. The predicted molar refractivity (Wildman–Crippen MR) is 208 cm³/mol. The fourth-order valence-corrected chi connectivity index (χ4v) is 7.27. The number of benzene rings is 3. The van der Waals surface area contributed by atoms with E-state index in [0.29, 0.717) is 22.3 Å². The van der Waals surface area contributed by atoms with E-state index >= 15 is 0 Å². The highest BCUT2D eigenvalue weighted by Gasteiger charge is 2.57. The molecule has 7 heteroatoms. The Labute approximate surface area is 300 Å². The van der Waals surface area contributed by atoms with Crippen molar-refractivity contribution < 1.29 is 14.6 Å². The standard InChI is InChI=1S/C45H34N4O3/c1-27(2)52-44-42(43(50)45(44,51)30-16-10-5-11-17-30)41-37-24-22-35(48-37)39(28-12-6-3-7-13-28)33-20-18-31(46-33)26-32-19-21-34(47-32)40(29-14-8-4-9-15-29)36-23-25-38(41)49-36/h3-27,46,49,51H,1-2H3.